The molecule has 2 aliphatic rings. The molecule has 1 aliphatic carbocycles. The van der Waals surface area contributed by atoms with Gasteiger partial charge in [0.2, 0.25) is 0 Å². The molecule has 6 heteroatoms. The standard InChI is InChI=1S/C16H21N5O/c1-20-11-19-14-9-21(12-4-2-5-12)13(8-15(14)20)10-22-16-17-6-3-7-18-16/h3,6-7,11-13H,2,4-5,8-10H2,1H3/t13-/m0/s1. The van der Waals surface area contributed by atoms with Crippen LogP contribution in [0.2, 0.25) is 0 Å². The SMILES string of the molecule is Cn1cnc2c1C[C@@H](COc1ncccn1)N(C1CCC1)C2. The highest BCUT2D eigenvalue weighted by atomic mass is 16.5. The minimum absolute atomic E-state index is 0.372. The number of imidazole rings is 1. The molecular formula is C16H21N5O. The molecule has 0 N–H and O–H groups in total. The molecule has 1 fully saturated rings. The third-order valence-electron chi connectivity index (χ3n) is 4.87. The largest absolute Gasteiger partial charge is 0.462 e. The summed E-state index contributed by atoms with van der Waals surface area (Å²) in [5, 5.41) is 0. The van der Waals surface area contributed by atoms with Gasteiger partial charge < -0.3 is 9.30 Å². The van der Waals surface area contributed by atoms with Crippen molar-refractivity contribution in [2.45, 2.75) is 44.3 Å². The van der Waals surface area contributed by atoms with E-state index in [9.17, 15) is 0 Å². The molecule has 6 nitrogen and oxygen atoms in total. The summed E-state index contributed by atoms with van der Waals surface area (Å²) in [5.41, 5.74) is 2.56. The lowest BCUT2D eigenvalue weighted by atomic mass is 9.88. The highest BCUT2D eigenvalue weighted by molar-refractivity contribution is 5.19. The van der Waals surface area contributed by atoms with E-state index in [0.717, 1.165) is 13.0 Å². The first-order chi connectivity index (χ1) is 10.8. The molecule has 0 radical (unpaired) electrons. The van der Waals surface area contributed by atoms with Crippen molar-refractivity contribution in [2.24, 2.45) is 7.05 Å². The molecule has 0 bridgehead atoms. The van der Waals surface area contributed by atoms with Crippen molar-refractivity contribution in [1.82, 2.24) is 24.4 Å². The molecule has 2 aromatic heterocycles. The Labute approximate surface area is 130 Å². The quantitative estimate of drug-likeness (QED) is 0.857. The first kappa shape index (κ1) is 13.7. The van der Waals surface area contributed by atoms with Crippen LogP contribution in [0.4, 0.5) is 0 Å². The van der Waals surface area contributed by atoms with E-state index < -0.39 is 0 Å². The fourth-order valence-electron chi connectivity index (χ4n) is 3.37. The number of aromatic nitrogens is 4. The van der Waals surface area contributed by atoms with Crippen LogP contribution in [0.15, 0.2) is 24.8 Å². The molecule has 1 atom stereocenters. The Kier molecular flexibility index (Phi) is 3.54. The van der Waals surface area contributed by atoms with Crippen molar-refractivity contribution in [3.63, 3.8) is 0 Å². The van der Waals surface area contributed by atoms with Crippen molar-refractivity contribution < 1.29 is 4.74 Å². The number of ether oxygens (including phenoxy) is 1. The smallest absolute Gasteiger partial charge is 0.316 e. The van der Waals surface area contributed by atoms with Crippen LogP contribution in [0.3, 0.4) is 0 Å². The summed E-state index contributed by atoms with van der Waals surface area (Å²) in [6.07, 6.45) is 10.3. The summed E-state index contributed by atoms with van der Waals surface area (Å²) in [4.78, 5) is 15.4. The molecule has 0 unspecified atom stereocenters. The fraction of sp³-hybridized carbons (Fsp3) is 0.562. The minimum atomic E-state index is 0.372. The maximum absolute atomic E-state index is 5.83. The van der Waals surface area contributed by atoms with Crippen LogP contribution in [0.25, 0.3) is 0 Å². The van der Waals surface area contributed by atoms with Crippen molar-refractivity contribution in [3.05, 3.63) is 36.2 Å². The second kappa shape index (κ2) is 5.68. The van der Waals surface area contributed by atoms with E-state index in [4.69, 9.17) is 4.74 Å². The van der Waals surface area contributed by atoms with E-state index in [2.05, 4.69) is 31.5 Å². The second-order valence-electron chi connectivity index (χ2n) is 6.21. The number of fused-ring (bicyclic) bond motifs is 1. The molecule has 3 heterocycles. The summed E-state index contributed by atoms with van der Waals surface area (Å²) in [5.74, 6) is 0. The summed E-state index contributed by atoms with van der Waals surface area (Å²) >= 11 is 0. The first-order valence-electron chi connectivity index (χ1n) is 7.96. The molecule has 0 spiro atoms. The van der Waals surface area contributed by atoms with Crippen LogP contribution in [0.5, 0.6) is 6.01 Å². The Bertz CT molecular complexity index is 637. The van der Waals surface area contributed by atoms with Gasteiger partial charge in [-0.15, -0.1) is 0 Å². The van der Waals surface area contributed by atoms with Gasteiger partial charge in [-0.2, -0.15) is 0 Å². The molecule has 0 amide bonds. The molecule has 1 saturated carbocycles. The maximum Gasteiger partial charge on any atom is 0.316 e. The summed E-state index contributed by atoms with van der Waals surface area (Å²) < 4.78 is 7.97. The highest BCUT2D eigenvalue weighted by Gasteiger charge is 2.36. The maximum atomic E-state index is 5.83. The number of rotatable bonds is 4. The minimum Gasteiger partial charge on any atom is -0.462 e. The topological polar surface area (TPSA) is 56.1 Å². The van der Waals surface area contributed by atoms with Gasteiger partial charge in [-0.25, -0.2) is 15.0 Å². The van der Waals surface area contributed by atoms with Gasteiger partial charge in [0.05, 0.1) is 18.1 Å². The van der Waals surface area contributed by atoms with Gasteiger partial charge in [0.15, 0.2) is 0 Å². The van der Waals surface area contributed by atoms with Gasteiger partial charge >= 0.3 is 6.01 Å². The lowest BCUT2D eigenvalue weighted by Gasteiger charge is -2.44. The molecule has 22 heavy (non-hydrogen) atoms. The van der Waals surface area contributed by atoms with Gasteiger partial charge in [0.25, 0.3) is 0 Å². The van der Waals surface area contributed by atoms with Crippen molar-refractivity contribution >= 4 is 0 Å². The zero-order valence-corrected chi connectivity index (χ0v) is 12.9. The predicted molar refractivity (Wildman–Crippen MR) is 81.4 cm³/mol. The zero-order chi connectivity index (χ0) is 14.9. The van der Waals surface area contributed by atoms with Crippen LogP contribution < -0.4 is 4.74 Å². The molecule has 0 aromatic carbocycles. The lowest BCUT2D eigenvalue weighted by Crippen LogP contribution is -2.52. The third-order valence-corrected chi connectivity index (χ3v) is 4.87. The molecule has 116 valence electrons. The number of hydrogen-bond acceptors (Lipinski definition) is 5. The Morgan fingerprint density at radius 2 is 2.05 bits per heavy atom. The van der Waals surface area contributed by atoms with Gasteiger partial charge in [-0.05, 0) is 18.9 Å². The summed E-state index contributed by atoms with van der Waals surface area (Å²) in [7, 11) is 2.07. The van der Waals surface area contributed by atoms with Crippen LogP contribution in [-0.2, 0) is 20.0 Å². The van der Waals surface area contributed by atoms with Crippen molar-refractivity contribution in [2.75, 3.05) is 6.61 Å². The molecule has 2 aromatic rings. The van der Waals surface area contributed by atoms with Crippen LogP contribution in [0.1, 0.15) is 30.7 Å². The van der Waals surface area contributed by atoms with Gasteiger partial charge in [0.1, 0.15) is 6.61 Å². The lowest BCUT2D eigenvalue weighted by molar-refractivity contribution is 0.0334. The van der Waals surface area contributed by atoms with E-state index in [0.29, 0.717) is 24.7 Å². The molecule has 0 saturated heterocycles. The van der Waals surface area contributed by atoms with Crippen LogP contribution in [0, 0.1) is 0 Å². The Balaban J connectivity index is 1.51. The van der Waals surface area contributed by atoms with Crippen molar-refractivity contribution in [3.8, 4) is 6.01 Å². The molecule has 1 aliphatic heterocycles. The number of aryl methyl sites for hydroxylation is 1. The van der Waals surface area contributed by atoms with Gasteiger partial charge in [-0.3, -0.25) is 4.90 Å². The van der Waals surface area contributed by atoms with E-state index >= 15 is 0 Å². The Morgan fingerprint density at radius 1 is 1.23 bits per heavy atom. The fourth-order valence-corrected chi connectivity index (χ4v) is 3.37. The highest BCUT2D eigenvalue weighted by Crippen LogP contribution is 2.32. The van der Waals surface area contributed by atoms with Crippen LogP contribution in [-0.4, -0.2) is 43.1 Å². The number of nitrogens with zero attached hydrogens (tertiary/aromatic N) is 5. The monoisotopic (exact) mass is 299 g/mol. The van der Waals surface area contributed by atoms with E-state index in [1.54, 1.807) is 18.5 Å². The van der Waals surface area contributed by atoms with Crippen LogP contribution >= 0.6 is 0 Å². The third kappa shape index (κ3) is 2.47. The second-order valence-corrected chi connectivity index (χ2v) is 6.21. The Morgan fingerprint density at radius 3 is 2.77 bits per heavy atom. The summed E-state index contributed by atoms with van der Waals surface area (Å²) in [6, 6.07) is 3.32. The van der Waals surface area contributed by atoms with Gasteiger partial charge in [-0.1, -0.05) is 6.42 Å². The Hall–Kier alpha value is -1.95. The normalized spacial score (nSPS) is 22.1. The van der Waals surface area contributed by atoms with E-state index in [1.165, 1.54) is 30.7 Å². The molecule has 4 rings (SSSR count). The van der Waals surface area contributed by atoms with Crippen molar-refractivity contribution in [1.29, 1.82) is 0 Å². The molecular weight excluding hydrogens is 278 g/mol. The van der Waals surface area contributed by atoms with E-state index in [1.807, 2.05) is 6.33 Å². The zero-order valence-electron chi connectivity index (χ0n) is 12.9. The summed E-state index contributed by atoms with van der Waals surface area (Å²) in [6.45, 7) is 1.57. The van der Waals surface area contributed by atoms with E-state index in [-0.39, 0.29) is 0 Å². The average molecular weight is 299 g/mol. The first-order valence-corrected chi connectivity index (χ1v) is 7.96. The average Bonchev–Trinajstić information content (AvgIpc) is 2.85. The van der Waals surface area contributed by atoms with Gasteiger partial charge in [0, 0.05) is 44.1 Å². The predicted octanol–water partition coefficient (Wildman–Crippen LogP) is 1.57. The number of hydrogen-bond donors (Lipinski definition) is 0.